The molecule has 13 heavy (non-hydrogen) atoms. The standard InChI is InChI=1S/C9H15N3O/c1-11-8(6-10)5-7-3-2-4-12-9(7)13/h7-8,11H,2-5H2,1H3,(H,12,13)/t7-,8-/m0/s1. The smallest absolute Gasteiger partial charge is 0.223 e. The third kappa shape index (κ3) is 2.71. The van der Waals surface area contributed by atoms with Crippen LogP contribution in [0.1, 0.15) is 19.3 Å². The summed E-state index contributed by atoms with van der Waals surface area (Å²) in [6.45, 7) is 0.784. The van der Waals surface area contributed by atoms with Crippen LogP contribution in [0.4, 0.5) is 0 Å². The number of hydrogen-bond donors (Lipinski definition) is 2. The molecule has 2 atom stereocenters. The molecule has 1 saturated heterocycles. The molecule has 0 aromatic heterocycles. The summed E-state index contributed by atoms with van der Waals surface area (Å²) < 4.78 is 0. The zero-order valence-corrected chi connectivity index (χ0v) is 7.84. The van der Waals surface area contributed by atoms with Crippen molar-refractivity contribution in [2.75, 3.05) is 13.6 Å². The van der Waals surface area contributed by atoms with Crippen LogP contribution in [0.3, 0.4) is 0 Å². The maximum atomic E-state index is 11.3. The molecule has 0 saturated carbocycles. The number of piperidine rings is 1. The number of nitrogens with zero attached hydrogens (tertiary/aromatic N) is 1. The summed E-state index contributed by atoms with van der Waals surface area (Å²) in [5, 5.41) is 14.4. The van der Waals surface area contributed by atoms with Crippen LogP contribution in [0.15, 0.2) is 0 Å². The van der Waals surface area contributed by atoms with Crippen LogP contribution >= 0.6 is 0 Å². The minimum absolute atomic E-state index is 0.0193. The number of carbonyl (C=O) groups is 1. The van der Waals surface area contributed by atoms with Gasteiger partial charge in [0.15, 0.2) is 0 Å². The van der Waals surface area contributed by atoms with Crippen LogP contribution < -0.4 is 10.6 Å². The van der Waals surface area contributed by atoms with Crippen molar-refractivity contribution in [1.82, 2.24) is 10.6 Å². The molecular formula is C9H15N3O. The Kier molecular flexibility index (Phi) is 3.71. The van der Waals surface area contributed by atoms with E-state index >= 15 is 0 Å². The van der Waals surface area contributed by atoms with Gasteiger partial charge in [0, 0.05) is 12.5 Å². The summed E-state index contributed by atoms with van der Waals surface area (Å²) in [6, 6.07) is 1.93. The van der Waals surface area contributed by atoms with E-state index in [1.54, 1.807) is 7.05 Å². The van der Waals surface area contributed by atoms with Gasteiger partial charge in [-0.05, 0) is 26.3 Å². The highest BCUT2D eigenvalue weighted by Gasteiger charge is 2.24. The van der Waals surface area contributed by atoms with Gasteiger partial charge in [0.1, 0.15) is 0 Å². The van der Waals surface area contributed by atoms with E-state index in [2.05, 4.69) is 16.7 Å². The molecule has 0 spiro atoms. The summed E-state index contributed by atoms with van der Waals surface area (Å²) in [7, 11) is 1.74. The van der Waals surface area contributed by atoms with Crippen molar-refractivity contribution in [3.05, 3.63) is 0 Å². The highest BCUT2D eigenvalue weighted by Crippen LogP contribution is 2.16. The van der Waals surface area contributed by atoms with E-state index in [1.165, 1.54) is 0 Å². The van der Waals surface area contributed by atoms with Gasteiger partial charge in [-0.1, -0.05) is 0 Å². The number of hydrogen-bond acceptors (Lipinski definition) is 3. The zero-order valence-electron chi connectivity index (χ0n) is 7.84. The first kappa shape index (κ1) is 10.0. The minimum atomic E-state index is -0.200. The van der Waals surface area contributed by atoms with Crippen molar-refractivity contribution in [2.24, 2.45) is 5.92 Å². The first-order chi connectivity index (χ1) is 6.27. The van der Waals surface area contributed by atoms with E-state index < -0.39 is 0 Å². The number of nitrogens with one attached hydrogen (secondary N) is 2. The maximum Gasteiger partial charge on any atom is 0.223 e. The summed E-state index contributed by atoms with van der Waals surface area (Å²) >= 11 is 0. The quantitative estimate of drug-likeness (QED) is 0.645. The highest BCUT2D eigenvalue weighted by molar-refractivity contribution is 5.79. The van der Waals surface area contributed by atoms with Crippen LogP contribution in [0.25, 0.3) is 0 Å². The Bertz CT molecular complexity index is 221. The fourth-order valence-corrected chi connectivity index (χ4v) is 1.58. The van der Waals surface area contributed by atoms with Gasteiger partial charge in [0.05, 0.1) is 12.1 Å². The van der Waals surface area contributed by atoms with Gasteiger partial charge in [-0.3, -0.25) is 4.79 Å². The summed E-state index contributed by atoms with van der Waals surface area (Å²) in [5.41, 5.74) is 0. The average Bonchev–Trinajstić information content (AvgIpc) is 2.17. The van der Waals surface area contributed by atoms with Crippen LogP contribution in [0, 0.1) is 17.2 Å². The lowest BCUT2D eigenvalue weighted by Gasteiger charge is -2.23. The minimum Gasteiger partial charge on any atom is -0.356 e. The predicted molar refractivity (Wildman–Crippen MR) is 48.8 cm³/mol. The van der Waals surface area contributed by atoms with Crippen molar-refractivity contribution in [2.45, 2.75) is 25.3 Å². The van der Waals surface area contributed by atoms with Gasteiger partial charge in [0.25, 0.3) is 0 Å². The van der Waals surface area contributed by atoms with E-state index in [0.29, 0.717) is 6.42 Å². The largest absolute Gasteiger partial charge is 0.356 e. The molecule has 1 heterocycles. The lowest BCUT2D eigenvalue weighted by Crippen LogP contribution is -2.39. The molecule has 0 aromatic rings. The Balaban J connectivity index is 2.42. The second-order valence-corrected chi connectivity index (χ2v) is 3.34. The predicted octanol–water partition coefficient (Wildman–Crippen LogP) is 0.0143. The highest BCUT2D eigenvalue weighted by atomic mass is 16.1. The van der Waals surface area contributed by atoms with Gasteiger partial charge in [-0.15, -0.1) is 0 Å². The molecule has 0 aromatic carbocycles. The molecule has 1 fully saturated rings. The third-order valence-corrected chi connectivity index (χ3v) is 2.42. The number of amides is 1. The van der Waals surface area contributed by atoms with E-state index in [4.69, 9.17) is 5.26 Å². The van der Waals surface area contributed by atoms with Gasteiger partial charge in [0.2, 0.25) is 5.91 Å². The van der Waals surface area contributed by atoms with Crippen molar-refractivity contribution < 1.29 is 4.79 Å². The van der Waals surface area contributed by atoms with Gasteiger partial charge in [-0.2, -0.15) is 5.26 Å². The van der Waals surface area contributed by atoms with Crippen LogP contribution in [0.5, 0.6) is 0 Å². The number of rotatable bonds is 3. The summed E-state index contributed by atoms with van der Waals surface area (Å²) in [4.78, 5) is 11.3. The Hall–Kier alpha value is -1.08. The Labute approximate surface area is 78.3 Å². The van der Waals surface area contributed by atoms with E-state index in [-0.39, 0.29) is 17.9 Å². The molecule has 0 unspecified atom stereocenters. The average molecular weight is 181 g/mol. The fourth-order valence-electron chi connectivity index (χ4n) is 1.58. The lowest BCUT2D eigenvalue weighted by atomic mass is 9.92. The SMILES string of the molecule is CN[C@H](C#N)C[C@@H]1CCCNC1=O. The molecule has 72 valence electrons. The van der Waals surface area contributed by atoms with Crippen LogP contribution in [-0.2, 0) is 4.79 Å². The first-order valence-electron chi connectivity index (χ1n) is 4.62. The molecule has 0 radical (unpaired) electrons. The maximum absolute atomic E-state index is 11.3. The van der Waals surface area contributed by atoms with Crippen molar-refractivity contribution in [3.63, 3.8) is 0 Å². The molecule has 1 aliphatic rings. The molecular weight excluding hydrogens is 166 g/mol. The molecule has 0 bridgehead atoms. The topological polar surface area (TPSA) is 64.9 Å². The Morgan fingerprint density at radius 3 is 3.15 bits per heavy atom. The number of nitriles is 1. The summed E-state index contributed by atoms with van der Waals surface area (Å²) in [6.07, 6.45) is 2.56. The molecule has 1 rings (SSSR count). The Morgan fingerprint density at radius 2 is 2.62 bits per heavy atom. The lowest BCUT2D eigenvalue weighted by molar-refractivity contribution is -0.126. The van der Waals surface area contributed by atoms with Crippen molar-refractivity contribution in [3.8, 4) is 6.07 Å². The molecule has 1 amide bonds. The first-order valence-corrected chi connectivity index (χ1v) is 4.62. The van der Waals surface area contributed by atoms with Gasteiger partial charge in [-0.25, -0.2) is 0 Å². The van der Waals surface area contributed by atoms with Gasteiger partial charge < -0.3 is 10.6 Å². The third-order valence-electron chi connectivity index (χ3n) is 2.42. The Morgan fingerprint density at radius 1 is 1.85 bits per heavy atom. The summed E-state index contributed by atoms with van der Waals surface area (Å²) in [5.74, 6) is 0.118. The molecule has 1 aliphatic heterocycles. The van der Waals surface area contributed by atoms with E-state index in [1.807, 2.05) is 0 Å². The second-order valence-electron chi connectivity index (χ2n) is 3.34. The molecule has 4 heteroatoms. The molecule has 0 aliphatic carbocycles. The van der Waals surface area contributed by atoms with Gasteiger partial charge >= 0.3 is 0 Å². The molecule has 2 N–H and O–H groups in total. The fraction of sp³-hybridized carbons (Fsp3) is 0.778. The van der Waals surface area contributed by atoms with E-state index in [9.17, 15) is 4.79 Å². The van der Waals surface area contributed by atoms with Crippen molar-refractivity contribution >= 4 is 5.91 Å². The monoisotopic (exact) mass is 181 g/mol. The van der Waals surface area contributed by atoms with Crippen LogP contribution in [-0.4, -0.2) is 25.5 Å². The number of carbonyl (C=O) groups excluding carboxylic acids is 1. The van der Waals surface area contributed by atoms with Crippen molar-refractivity contribution in [1.29, 1.82) is 5.26 Å². The van der Waals surface area contributed by atoms with Crippen LogP contribution in [0.2, 0.25) is 0 Å². The molecule has 4 nitrogen and oxygen atoms in total. The van der Waals surface area contributed by atoms with E-state index in [0.717, 1.165) is 19.4 Å². The normalized spacial score (nSPS) is 24.6. The second kappa shape index (κ2) is 4.83. The zero-order chi connectivity index (χ0) is 9.68.